The first-order chi connectivity index (χ1) is 9.21. The molecule has 3 rings (SSSR count). The molecule has 5 nitrogen and oxygen atoms in total. The molecule has 19 heavy (non-hydrogen) atoms. The molecule has 0 N–H and O–H groups in total. The SMILES string of the molecule is O=C1C[C@H](C(=O)N2CCOCC2)C2(CCCCC2)O1. The van der Waals surface area contributed by atoms with Gasteiger partial charge in [-0.2, -0.15) is 0 Å². The Balaban J connectivity index is 1.76. The molecule has 3 fully saturated rings. The van der Waals surface area contributed by atoms with Gasteiger partial charge in [0.2, 0.25) is 5.91 Å². The smallest absolute Gasteiger partial charge is 0.307 e. The Hall–Kier alpha value is -1.10. The fraction of sp³-hybridized carbons (Fsp3) is 0.857. The van der Waals surface area contributed by atoms with Crippen molar-refractivity contribution >= 4 is 11.9 Å². The minimum atomic E-state index is -0.495. The first kappa shape index (κ1) is 12.9. The van der Waals surface area contributed by atoms with Gasteiger partial charge in [-0.3, -0.25) is 9.59 Å². The van der Waals surface area contributed by atoms with E-state index in [1.807, 2.05) is 4.90 Å². The molecule has 1 saturated carbocycles. The largest absolute Gasteiger partial charge is 0.458 e. The van der Waals surface area contributed by atoms with Gasteiger partial charge in [-0.15, -0.1) is 0 Å². The lowest BCUT2D eigenvalue weighted by Gasteiger charge is -2.38. The average Bonchev–Trinajstić information content (AvgIpc) is 2.76. The Morgan fingerprint density at radius 1 is 1.16 bits per heavy atom. The van der Waals surface area contributed by atoms with Crippen LogP contribution in [0.25, 0.3) is 0 Å². The molecule has 0 aromatic rings. The summed E-state index contributed by atoms with van der Waals surface area (Å²) in [4.78, 5) is 26.2. The summed E-state index contributed by atoms with van der Waals surface area (Å²) in [5.74, 6) is -0.372. The molecular weight excluding hydrogens is 246 g/mol. The van der Waals surface area contributed by atoms with Gasteiger partial charge >= 0.3 is 5.97 Å². The molecule has 2 aliphatic heterocycles. The summed E-state index contributed by atoms with van der Waals surface area (Å²) in [5, 5.41) is 0. The summed E-state index contributed by atoms with van der Waals surface area (Å²) >= 11 is 0. The normalized spacial score (nSPS) is 30.4. The molecule has 2 saturated heterocycles. The molecule has 1 atom stereocenters. The molecule has 5 heteroatoms. The van der Waals surface area contributed by atoms with Crippen LogP contribution in [0.2, 0.25) is 0 Å². The van der Waals surface area contributed by atoms with Crippen LogP contribution in [0, 0.1) is 5.92 Å². The Bertz CT molecular complexity index is 370. The van der Waals surface area contributed by atoms with Crippen LogP contribution in [-0.4, -0.2) is 48.7 Å². The van der Waals surface area contributed by atoms with Crippen molar-refractivity contribution in [3.8, 4) is 0 Å². The zero-order chi connectivity index (χ0) is 13.3. The van der Waals surface area contributed by atoms with E-state index in [-0.39, 0.29) is 24.2 Å². The second-order valence-electron chi connectivity index (χ2n) is 5.79. The predicted molar refractivity (Wildman–Crippen MR) is 67.4 cm³/mol. The molecule has 1 amide bonds. The Morgan fingerprint density at radius 3 is 2.53 bits per heavy atom. The number of morpholine rings is 1. The maximum atomic E-state index is 12.7. The van der Waals surface area contributed by atoms with Crippen LogP contribution in [0.15, 0.2) is 0 Å². The lowest BCUT2D eigenvalue weighted by Crippen LogP contribution is -2.50. The highest BCUT2D eigenvalue weighted by molar-refractivity contribution is 5.88. The van der Waals surface area contributed by atoms with Crippen molar-refractivity contribution in [3.05, 3.63) is 0 Å². The van der Waals surface area contributed by atoms with E-state index >= 15 is 0 Å². The van der Waals surface area contributed by atoms with Crippen molar-refractivity contribution < 1.29 is 19.1 Å². The van der Waals surface area contributed by atoms with Gasteiger partial charge in [0.15, 0.2) is 0 Å². The van der Waals surface area contributed by atoms with Gasteiger partial charge in [0, 0.05) is 13.1 Å². The van der Waals surface area contributed by atoms with Crippen molar-refractivity contribution in [1.29, 1.82) is 0 Å². The maximum Gasteiger partial charge on any atom is 0.307 e. The monoisotopic (exact) mass is 267 g/mol. The number of hydrogen-bond donors (Lipinski definition) is 0. The van der Waals surface area contributed by atoms with Crippen LogP contribution in [-0.2, 0) is 19.1 Å². The third-order valence-electron chi connectivity index (χ3n) is 4.64. The lowest BCUT2D eigenvalue weighted by atomic mass is 9.75. The van der Waals surface area contributed by atoms with E-state index in [4.69, 9.17) is 9.47 Å². The molecule has 1 spiro atoms. The number of nitrogens with zero attached hydrogens (tertiary/aromatic N) is 1. The Kier molecular flexibility index (Phi) is 3.48. The minimum absolute atomic E-state index is 0.0936. The van der Waals surface area contributed by atoms with E-state index in [1.54, 1.807) is 0 Å². The summed E-state index contributed by atoms with van der Waals surface area (Å²) in [5.41, 5.74) is -0.495. The van der Waals surface area contributed by atoms with Crippen molar-refractivity contribution in [2.75, 3.05) is 26.3 Å². The van der Waals surface area contributed by atoms with E-state index < -0.39 is 5.60 Å². The van der Waals surface area contributed by atoms with Crippen molar-refractivity contribution in [1.82, 2.24) is 4.90 Å². The Labute approximate surface area is 113 Å². The van der Waals surface area contributed by atoms with E-state index in [2.05, 4.69) is 0 Å². The quantitative estimate of drug-likeness (QED) is 0.668. The van der Waals surface area contributed by atoms with E-state index in [0.717, 1.165) is 25.7 Å². The van der Waals surface area contributed by atoms with Crippen LogP contribution >= 0.6 is 0 Å². The van der Waals surface area contributed by atoms with Gasteiger partial charge in [0.05, 0.1) is 25.6 Å². The molecule has 0 bridgehead atoms. The average molecular weight is 267 g/mol. The topological polar surface area (TPSA) is 55.8 Å². The number of hydrogen-bond acceptors (Lipinski definition) is 4. The standard InChI is InChI=1S/C14H21NO4/c16-12-10-11(13(17)15-6-8-18-9-7-15)14(19-12)4-2-1-3-5-14/h11H,1-10H2/t11-/m1/s1. The highest BCUT2D eigenvalue weighted by Gasteiger charge is 2.53. The van der Waals surface area contributed by atoms with Crippen LogP contribution in [0.3, 0.4) is 0 Å². The summed E-state index contributed by atoms with van der Waals surface area (Å²) in [6, 6.07) is 0. The van der Waals surface area contributed by atoms with Crippen molar-refractivity contribution in [3.63, 3.8) is 0 Å². The molecule has 2 heterocycles. The minimum Gasteiger partial charge on any atom is -0.458 e. The fourth-order valence-electron chi connectivity index (χ4n) is 3.61. The fourth-order valence-corrected chi connectivity index (χ4v) is 3.61. The third-order valence-corrected chi connectivity index (χ3v) is 4.64. The predicted octanol–water partition coefficient (Wildman–Crippen LogP) is 1.11. The molecule has 3 aliphatic rings. The molecule has 106 valence electrons. The lowest BCUT2D eigenvalue weighted by molar-refractivity contribution is -0.157. The molecular formula is C14H21NO4. The van der Waals surface area contributed by atoms with Gasteiger partial charge < -0.3 is 14.4 Å². The van der Waals surface area contributed by atoms with Gasteiger partial charge in [0.1, 0.15) is 5.60 Å². The number of esters is 1. The van der Waals surface area contributed by atoms with Crippen molar-refractivity contribution in [2.45, 2.75) is 44.1 Å². The summed E-state index contributed by atoms with van der Waals surface area (Å²) in [6.45, 7) is 2.47. The number of carbonyl (C=O) groups excluding carboxylic acids is 2. The number of amides is 1. The number of carbonyl (C=O) groups is 2. The molecule has 0 aromatic heterocycles. The Morgan fingerprint density at radius 2 is 1.84 bits per heavy atom. The number of rotatable bonds is 1. The zero-order valence-electron chi connectivity index (χ0n) is 11.2. The third kappa shape index (κ3) is 2.36. The van der Waals surface area contributed by atoms with Gasteiger partial charge in [-0.25, -0.2) is 0 Å². The second kappa shape index (κ2) is 5.12. The highest BCUT2D eigenvalue weighted by Crippen LogP contribution is 2.44. The molecule has 0 aromatic carbocycles. The first-order valence-corrected chi connectivity index (χ1v) is 7.30. The highest BCUT2D eigenvalue weighted by atomic mass is 16.6. The van der Waals surface area contributed by atoms with Crippen LogP contribution in [0.5, 0.6) is 0 Å². The molecule has 1 aliphatic carbocycles. The van der Waals surface area contributed by atoms with E-state index in [0.29, 0.717) is 26.3 Å². The zero-order valence-corrected chi connectivity index (χ0v) is 11.2. The van der Waals surface area contributed by atoms with Gasteiger partial charge in [-0.1, -0.05) is 6.42 Å². The second-order valence-corrected chi connectivity index (χ2v) is 5.79. The van der Waals surface area contributed by atoms with Gasteiger partial charge in [-0.05, 0) is 25.7 Å². The molecule has 0 unspecified atom stereocenters. The van der Waals surface area contributed by atoms with Crippen LogP contribution in [0.1, 0.15) is 38.5 Å². The maximum absolute atomic E-state index is 12.7. The van der Waals surface area contributed by atoms with E-state index in [9.17, 15) is 9.59 Å². The van der Waals surface area contributed by atoms with Crippen LogP contribution in [0.4, 0.5) is 0 Å². The van der Waals surface area contributed by atoms with Crippen molar-refractivity contribution in [2.24, 2.45) is 5.92 Å². The number of ether oxygens (including phenoxy) is 2. The van der Waals surface area contributed by atoms with Crippen LogP contribution < -0.4 is 0 Å². The molecule has 0 radical (unpaired) electrons. The summed E-state index contributed by atoms with van der Waals surface area (Å²) in [6.07, 6.45) is 5.24. The van der Waals surface area contributed by atoms with E-state index in [1.165, 1.54) is 6.42 Å². The summed E-state index contributed by atoms with van der Waals surface area (Å²) < 4.78 is 10.9. The van der Waals surface area contributed by atoms with Gasteiger partial charge in [0.25, 0.3) is 0 Å². The first-order valence-electron chi connectivity index (χ1n) is 7.30. The summed E-state index contributed by atoms with van der Waals surface area (Å²) in [7, 11) is 0.